The molecule has 4 heterocycles. The summed E-state index contributed by atoms with van der Waals surface area (Å²) in [5, 5.41) is 5.51. The van der Waals surface area contributed by atoms with Crippen LogP contribution in [-0.2, 0) is 11.2 Å². The molecule has 2 aliphatic heterocycles. The Morgan fingerprint density at radius 3 is 2.63 bits per heavy atom. The molecule has 0 radical (unpaired) electrons. The number of nitrogens with zero attached hydrogens (tertiary/aromatic N) is 3. The van der Waals surface area contributed by atoms with Gasteiger partial charge in [-0.3, -0.25) is 9.59 Å². The van der Waals surface area contributed by atoms with Crippen LogP contribution in [0.5, 0.6) is 5.88 Å². The van der Waals surface area contributed by atoms with Gasteiger partial charge in [-0.1, -0.05) is 0 Å². The summed E-state index contributed by atoms with van der Waals surface area (Å²) < 4.78 is 16.6. The van der Waals surface area contributed by atoms with Crippen molar-refractivity contribution in [2.45, 2.75) is 39.7 Å². The molecule has 4 rings (SSSR count). The summed E-state index contributed by atoms with van der Waals surface area (Å²) in [5.74, 6) is 0.649. The molecular formula is C24H31N5O6. The largest absolute Gasteiger partial charge is 0.476 e. The van der Waals surface area contributed by atoms with Crippen molar-refractivity contribution in [3.8, 4) is 5.88 Å². The van der Waals surface area contributed by atoms with E-state index in [1.54, 1.807) is 17.0 Å². The first-order valence-electron chi connectivity index (χ1n) is 11.7. The zero-order chi connectivity index (χ0) is 25.2. The molecule has 0 spiro atoms. The first kappa shape index (κ1) is 24.4. The second kappa shape index (κ2) is 9.85. The SMILES string of the molecule is CCOc1nc(N2CCN(C(=O)OC(C)(C)C)CC2)ccc1NC(=O)c1coc2c1C(=O)NCC2. The number of furan rings is 1. The lowest BCUT2D eigenvalue weighted by Gasteiger charge is -2.36. The topological polar surface area (TPSA) is 126 Å². The molecule has 0 bridgehead atoms. The smallest absolute Gasteiger partial charge is 0.410 e. The van der Waals surface area contributed by atoms with Gasteiger partial charge in [0.2, 0.25) is 5.88 Å². The van der Waals surface area contributed by atoms with E-state index in [2.05, 4.69) is 15.6 Å². The van der Waals surface area contributed by atoms with Crippen LogP contribution < -0.4 is 20.3 Å². The van der Waals surface area contributed by atoms with E-state index in [9.17, 15) is 14.4 Å². The number of hydrogen-bond acceptors (Lipinski definition) is 8. The van der Waals surface area contributed by atoms with Crippen molar-refractivity contribution in [2.75, 3.05) is 49.5 Å². The molecule has 2 aromatic heterocycles. The molecule has 0 atom stereocenters. The molecule has 188 valence electrons. The number of fused-ring (bicyclic) bond motifs is 1. The lowest BCUT2D eigenvalue weighted by atomic mass is 10.0. The summed E-state index contributed by atoms with van der Waals surface area (Å²) in [5.41, 5.74) is 0.280. The molecule has 2 aliphatic rings. The summed E-state index contributed by atoms with van der Waals surface area (Å²) in [4.78, 5) is 45.8. The minimum atomic E-state index is -0.540. The number of anilines is 2. The Morgan fingerprint density at radius 1 is 1.20 bits per heavy atom. The summed E-state index contributed by atoms with van der Waals surface area (Å²) in [6.07, 6.45) is 1.51. The van der Waals surface area contributed by atoms with Gasteiger partial charge in [-0.15, -0.1) is 0 Å². The van der Waals surface area contributed by atoms with Crippen LogP contribution in [0.15, 0.2) is 22.8 Å². The Bertz CT molecular complexity index is 1110. The van der Waals surface area contributed by atoms with Gasteiger partial charge < -0.3 is 34.3 Å². The molecule has 0 aliphatic carbocycles. The second-order valence-corrected chi connectivity index (χ2v) is 9.32. The van der Waals surface area contributed by atoms with E-state index in [-0.39, 0.29) is 29.0 Å². The number of pyridine rings is 1. The van der Waals surface area contributed by atoms with Crippen molar-refractivity contribution in [2.24, 2.45) is 0 Å². The van der Waals surface area contributed by atoms with Crippen LogP contribution in [0.3, 0.4) is 0 Å². The molecular weight excluding hydrogens is 454 g/mol. The summed E-state index contributed by atoms with van der Waals surface area (Å²) in [7, 11) is 0. The maximum atomic E-state index is 12.9. The molecule has 2 N–H and O–H groups in total. The molecule has 3 amide bonds. The van der Waals surface area contributed by atoms with E-state index in [1.807, 2.05) is 32.6 Å². The number of carbonyl (C=O) groups excluding carboxylic acids is 3. The first-order chi connectivity index (χ1) is 16.7. The number of amides is 3. The van der Waals surface area contributed by atoms with Gasteiger partial charge in [-0.05, 0) is 39.8 Å². The number of nitrogens with one attached hydrogen (secondary N) is 2. The maximum absolute atomic E-state index is 12.9. The van der Waals surface area contributed by atoms with E-state index >= 15 is 0 Å². The Labute approximate surface area is 203 Å². The van der Waals surface area contributed by atoms with Gasteiger partial charge in [0.05, 0.1) is 17.7 Å². The van der Waals surface area contributed by atoms with E-state index in [0.29, 0.717) is 63.0 Å². The second-order valence-electron chi connectivity index (χ2n) is 9.32. The summed E-state index contributed by atoms with van der Waals surface area (Å²) in [6.45, 7) is 10.4. The van der Waals surface area contributed by atoms with Crippen molar-refractivity contribution < 1.29 is 28.3 Å². The lowest BCUT2D eigenvalue weighted by Crippen LogP contribution is -2.50. The number of ether oxygens (including phenoxy) is 2. The third-order valence-electron chi connectivity index (χ3n) is 5.61. The van der Waals surface area contributed by atoms with Crippen LogP contribution in [0.4, 0.5) is 16.3 Å². The third kappa shape index (κ3) is 5.50. The summed E-state index contributed by atoms with van der Waals surface area (Å²) >= 11 is 0. The predicted molar refractivity (Wildman–Crippen MR) is 128 cm³/mol. The van der Waals surface area contributed by atoms with Crippen molar-refractivity contribution >= 4 is 29.4 Å². The van der Waals surface area contributed by atoms with Gasteiger partial charge in [0.15, 0.2) is 0 Å². The maximum Gasteiger partial charge on any atom is 0.410 e. The average molecular weight is 486 g/mol. The highest BCUT2D eigenvalue weighted by Crippen LogP contribution is 2.29. The molecule has 35 heavy (non-hydrogen) atoms. The zero-order valence-corrected chi connectivity index (χ0v) is 20.5. The Morgan fingerprint density at radius 2 is 1.94 bits per heavy atom. The third-order valence-corrected chi connectivity index (χ3v) is 5.61. The van der Waals surface area contributed by atoms with Gasteiger partial charge in [-0.25, -0.2) is 4.79 Å². The first-order valence-corrected chi connectivity index (χ1v) is 11.7. The lowest BCUT2D eigenvalue weighted by molar-refractivity contribution is 0.0240. The number of rotatable bonds is 5. The van der Waals surface area contributed by atoms with Gasteiger partial charge in [0.25, 0.3) is 11.8 Å². The van der Waals surface area contributed by atoms with Gasteiger partial charge in [-0.2, -0.15) is 4.98 Å². The molecule has 1 saturated heterocycles. The van der Waals surface area contributed by atoms with E-state index < -0.39 is 11.5 Å². The molecule has 2 aromatic rings. The Balaban J connectivity index is 1.45. The van der Waals surface area contributed by atoms with Gasteiger partial charge in [0, 0.05) is 39.1 Å². The van der Waals surface area contributed by atoms with Crippen molar-refractivity contribution in [1.29, 1.82) is 0 Å². The summed E-state index contributed by atoms with van der Waals surface area (Å²) in [6, 6.07) is 3.51. The molecule has 0 aromatic carbocycles. The number of carbonyl (C=O) groups is 3. The number of piperazine rings is 1. The average Bonchev–Trinajstić information content (AvgIpc) is 3.25. The van der Waals surface area contributed by atoms with Crippen LogP contribution in [0.1, 0.15) is 54.2 Å². The van der Waals surface area contributed by atoms with Crippen LogP contribution in [-0.4, -0.2) is 72.7 Å². The standard InChI is InChI=1S/C24H31N5O6/c1-5-33-22-16(26-20(30)15-14-34-17-8-9-25-21(31)19(15)17)6-7-18(27-22)28-10-12-29(13-11-28)23(32)35-24(2,3)4/h6-7,14H,5,8-13H2,1-4H3,(H,25,31)(H,26,30). The van der Waals surface area contributed by atoms with Crippen LogP contribution in [0.2, 0.25) is 0 Å². The van der Waals surface area contributed by atoms with Gasteiger partial charge in [0.1, 0.15) is 29.1 Å². The van der Waals surface area contributed by atoms with Crippen LogP contribution in [0, 0.1) is 0 Å². The van der Waals surface area contributed by atoms with Crippen LogP contribution >= 0.6 is 0 Å². The number of aromatic nitrogens is 1. The minimum absolute atomic E-state index is 0.169. The Kier molecular flexibility index (Phi) is 6.86. The molecule has 11 heteroatoms. The quantitative estimate of drug-likeness (QED) is 0.662. The number of hydrogen-bond donors (Lipinski definition) is 2. The highest BCUT2D eigenvalue weighted by Gasteiger charge is 2.29. The monoisotopic (exact) mass is 485 g/mol. The molecule has 11 nitrogen and oxygen atoms in total. The minimum Gasteiger partial charge on any atom is -0.476 e. The van der Waals surface area contributed by atoms with Crippen molar-refractivity contribution in [3.63, 3.8) is 0 Å². The highest BCUT2D eigenvalue weighted by atomic mass is 16.6. The van der Waals surface area contributed by atoms with E-state index in [0.717, 1.165) is 0 Å². The van der Waals surface area contributed by atoms with Crippen molar-refractivity contribution in [1.82, 2.24) is 15.2 Å². The fraction of sp³-hybridized carbons (Fsp3) is 0.500. The normalized spacial score (nSPS) is 15.8. The molecule has 0 unspecified atom stereocenters. The Hall–Kier alpha value is -3.76. The predicted octanol–water partition coefficient (Wildman–Crippen LogP) is 2.67. The van der Waals surface area contributed by atoms with Crippen LogP contribution in [0.25, 0.3) is 0 Å². The highest BCUT2D eigenvalue weighted by molar-refractivity contribution is 6.13. The van der Waals surface area contributed by atoms with E-state index in [1.165, 1.54) is 6.26 Å². The van der Waals surface area contributed by atoms with Gasteiger partial charge >= 0.3 is 6.09 Å². The fourth-order valence-electron chi connectivity index (χ4n) is 3.96. The van der Waals surface area contributed by atoms with Crippen molar-refractivity contribution in [3.05, 3.63) is 35.3 Å². The fourth-order valence-corrected chi connectivity index (χ4v) is 3.96. The molecule has 0 saturated carbocycles. The molecule has 1 fully saturated rings. The zero-order valence-electron chi connectivity index (χ0n) is 20.5. The van der Waals surface area contributed by atoms with E-state index in [4.69, 9.17) is 13.9 Å².